The predicted octanol–water partition coefficient (Wildman–Crippen LogP) is 4.65. The molecular weight excluding hydrogens is 468 g/mol. The third-order valence-corrected chi connectivity index (χ3v) is 5.64. The van der Waals surface area contributed by atoms with Gasteiger partial charge in [0.1, 0.15) is 35.1 Å². The Bertz CT molecular complexity index is 1670. The van der Waals surface area contributed by atoms with Crippen LogP contribution in [0.4, 0.5) is 14.5 Å². The van der Waals surface area contributed by atoms with Gasteiger partial charge in [-0.15, -0.1) is 0 Å². The maximum atomic E-state index is 14.0. The Morgan fingerprint density at radius 2 is 1.72 bits per heavy atom. The number of carbonyl (C=O) groups excluding carboxylic acids is 1. The Balaban J connectivity index is 1.58. The number of carbonyl (C=O) groups is 1. The molecule has 0 unspecified atom stereocenters. The van der Waals surface area contributed by atoms with E-state index in [1.807, 2.05) is 31.2 Å². The Morgan fingerprint density at radius 3 is 2.47 bits per heavy atom. The van der Waals surface area contributed by atoms with Gasteiger partial charge in [-0.05, 0) is 43.7 Å². The first-order valence-electron chi connectivity index (χ1n) is 11.0. The van der Waals surface area contributed by atoms with Crippen LogP contribution in [0.5, 0.6) is 0 Å². The Hall–Kier alpha value is -4.73. The third kappa shape index (κ3) is 4.24. The van der Waals surface area contributed by atoms with Gasteiger partial charge in [0.15, 0.2) is 0 Å². The number of aromatic nitrogens is 4. The van der Waals surface area contributed by atoms with E-state index >= 15 is 0 Å². The van der Waals surface area contributed by atoms with Crippen molar-refractivity contribution in [3.8, 4) is 22.8 Å². The number of benzene rings is 2. The summed E-state index contributed by atoms with van der Waals surface area (Å²) in [5, 5.41) is 6.48. The molecule has 3 aromatic heterocycles. The standard InChI is InChI=1S/C26H19F2N5O3/c1-14-6-3-4-7-16(14)24-31-26(36-32-24)18-12-33(25-17(23(18)35)11-10-15(2)29-25)13-21(34)30-22-19(27)8-5-9-20(22)28/h3-12H,13H2,1-2H3,(H,30,34). The second-order valence-corrected chi connectivity index (χ2v) is 8.21. The second kappa shape index (κ2) is 9.14. The van der Waals surface area contributed by atoms with E-state index in [0.717, 1.165) is 23.3 Å². The largest absolute Gasteiger partial charge is 0.333 e. The van der Waals surface area contributed by atoms with Crippen LogP contribution in [-0.4, -0.2) is 25.6 Å². The summed E-state index contributed by atoms with van der Waals surface area (Å²) in [5.74, 6) is -2.25. The van der Waals surface area contributed by atoms with E-state index in [1.165, 1.54) is 16.8 Å². The van der Waals surface area contributed by atoms with Crippen LogP contribution >= 0.6 is 0 Å². The number of para-hydroxylation sites is 1. The number of pyridine rings is 2. The van der Waals surface area contributed by atoms with Crippen molar-refractivity contribution in [2.75, 3.05) is 5.32 Å². The number of hydrogen-bond acceptors (Lipinski definition) is 6. The van der Waals surface area contributed by atoms with E-state index in [0.29, 0.717) is 11.5 Å². The number of fused-ring (bicyclic) bond motifs is 1. The molecule has 0 radical (unpaired) electrons. The van der Waals surface area contributed by atoms with E-state index in [1.54, 1.807) is 19.1 Å². The maximum Gasteiger partial charge on any atom is 0.263 e. The highest BCUT2D eigenvalue weighted by molar-refractivity contribution is 5.92. The topological polar surface area (TPSA) is 103 Å². The van der Waals surface area contributed by atoms with Gasteiger partial charge in [0.25, 0.3) is 5.89 Å². The number of aryl methyl sites for hydroxylation is 2. The molecule has 0 aliphatic rings. The lowest BCUT2D eigenvalue weighted by molar-refractivity contribution is -0.116. The van der Waals surface area contributed by atoms with Crippen LogP contribution in [0.3, 0.4) is 0 Å². The Morgan fingerprint density at radius 1 is 0.972 bits per heavy atom. The molecule has 1 N–H and O–H groups in total. The fourth-order valence-corrected chi connectivity index (χ4v) is 3.85. The second-order valence-electron chi connectivity index (χ2n) is 8.21. The average molecular weight is 487 g/mol. The van der Waals surface area contributed by atoms with Gasteiger partial charge in [0.05, 0.1) is 5.39 Å². The minimum absolute atomic E-state index is 0.0324. The van der Waals surface area contributed by atoms with Gasteiger partial charge >= 0.3 is 0 Å². The number of amides is 1. The summed E-state index contributed by atoms with van der Waals surface area (Å²) >= 11 is 0. The minimum atomic E-state index is -0.905. The lowest BCUT2D eigenvalue weighted by Crippen LogP contribution is -2.23. The fourth-order valence-electron chi connectivity index (χ4n) is 3.85. The Labute approximate surface area is 203 Å². The van der Waals surface area contributed by atoms with Crippen LogP contribution in [0.15, 0.2) is 70.1 Å². The van der Waals surface area contributed by atoms with Crippen molar-refractivity contribution < 1.29 is 18.1 Å². The molecule has 0 bridgehead atoms. The van der Waals surface area contributed by atoms with Crippen molar-refractivity contribution >= 4 is 22.6 Å². The van der Waals surface area contributed by atoms with Gasteiger partial charge in [0, 0.05) is 17.5 Å². The lowest BCUT2D eigenvalue weighted by atomic mass is 10.1. The van der Waals surface area contributed by atoms with Crippen LogP contribution in [0.1, 0.15) is 11.3 Å². The van der Waals surface area contributed by atoms with E-state index < -0.39 is 28.7 Å². The molecule has 0 atom stereocenters. The molecule has 1 amide bonds. The summed E-state index contributed by atoms with van der Waals surface area (Å²) in [4.78, 5) is 34.8. The molecule has 0 saturated carbocycles. The predicted molar refractivity (Wildman–Crippen MR) is 129 cm³/mol. The highest BCUT2D eigenvalue weighted by Gasteiger charge is 2.20. The number of nitrogens with one attached hydrogen (secondary N) is 1. The first-order chi connectivity index (χ1) is 17.3. The summed E-state index contributed by atoms with van der Waals surface area (Å²) in [6.45, 7) is 3.26. The number of halogens is 2. The van der Waals surface area contributed by atoms with Gasteiger partial charge in [0.2, 0.25) is 17.2 Å². The molecule has 0 spiro atoms. The number of anilines is 1. The van der Waals surface area contributed by atoms with Crippen molar-refractivity contribution in [2.45, 2.75) is 20.4 Å². The summed E-state index contributed by atoms with van der Waals surface area (Å²) in [7, 11) is 0. The average Bonchev–Trinajstić information content (AvgIpc) is 3.33. The zero-order valence-corrected chi connectivity index (χ0v) is 19.3. The highest BCUT2D eigenvalue weighted by Crippen LogP contribution is 2.24. The van der Waals surface area contributed by atoms with E-state index in [4.69, 9.17) is 4.52 Å². The molecule has 5 aromatic rings. The van der Waals surface area contributed by atoms with Gasteiger partial charge < -0.3 is 14.4 Å². The lowest BCUT2D eigenvalue weighted by Gasteiger charge is -2.13. The smallest absolute Gasteiger partial charge is 0.263 e. The Kier molecular flexibility index (Phi) is 5.85. The van der Waals surface area contributed by atoms with Gasteiger partial charge in [-0.3, -0.25) is 9.59 Å². The van der Waals surface area contributed by atoms with E-state index in [2.05, 4.69) is 20.4 Å². The van der Waals surface area contributed by atoms with Crippen molar-refractivity contribution in [1.29, 1.82) is 0 Å². The third-order valence-electron chi connectivity index (χ3n) is 5.64. The highest BCUT2D eigenvalue weighted by atomic mass is 19.1. The molecule has 0 fully saturated rings. The van der Waals surface area contributed by atoms with E-state index in [9.17, 15) is 18.4 Å². The normalized spacial score (nSPS) is 11.1. The summed E-state index contributed by atoms with van der Waals surface area (Å²) in [6, 6.07) is 14.0. The molecule has 0 aliphatic heterocycles. The molecular formula is C26H19F2N5O3. The van der Waals surface area contributed by atoms with Crippen molar-refractivity contribution in [1.82, 2.24) is 19.7 Å². The molecule has 180 valence electrons. The van der Waals surface area contributed by atoms with Crippen LogP contribution in [0, 0.1) is 25.5 Å². The van der Waals surface area contributed by atoms with Crippen molar-refractivity contribution in [3.05, 3.63) is 93.9 Å². The van der Waals surface area contributed by atoms with Crippen LogP contribution in [0.2, 0.25) is 0 Å². The van der Waals surface area contributed by atoms with Crippen LogP contribution in [-0.2, 0) is 11.3 Å². The van der Waals surface area contributed by atoms with Gasteiger partial charge in [-0.2, -0.15) is 4.98 Å². The van der Waals surface area contributed by atoms with Crippen molar-refractivity contribution in [3.63, 3.8) is 0 Å². The first-order valence-corrected chi connectivity index (χ1v) is 11.0. The first kappa shape index (κ1) is 23.0. The zero-order chi connectivity index (χ0) is 25.4. The zero-order valence-electron chi connectivity index (χ0n) is 19.3. The molecule has 5 rings (SSSR count). The maximum absolute atomic E-state index is 14.0. The molecule has 2 aromatic carbocycles. The molecule has 10 heteroatoms. The van der Waals surface area contributed by atoms with Crippen molar-refractivity contribution in [2.24, 2.45) is 0 Å². The number of nitrogens with zero attached hydrogens (tertiary/aromatic N) is 4. The van der Waals surface area contributed by atoms with Crippen LogP contribution in [0.25, 0.3) is 33.9 Å². The summed E-state index contributed by atoms with van der Waals surface area (Å²) in [5.41, 5.74) is 1.61. The summed E-state index contributed by atoms with van der Waals surface area (Å²) in [6.07, 6.45) is 1.38. The monoisotopic (exact) mass is 487 g/mol. The number of rotatable bonds is 5. The van der Waals surface area contributed by atoms with Gasteiger partial charge in [-0.25, -0.2) is 13.8 Å². The fraction of sp³-hybridized carbons (Fsp3) is 0.115. The van der Waals surface area contributed by atoms with E-state index in [-0.39, 0.29) is 29.0 Å². The summed E-state index contributed by atoms with van der Waals surface area (Å²) < 4.78 is 34.9. The SMILES string of the molecule is Cc1ccc2c(=O)c(-c3nc(-c4ccccc4C)no3)cn(CC(=O)Nc3c(F)cccc3F)c2n1. The molecule has 0 saturated heterocycles. The molecule has 8 nitrogen and oxygen atoms in total. The quantitative estimate of drug-likeness (QED) is 0.387. The molecule has 3 heterocycles. The van der Waals surface area contributed by atoms with Crippen LogP contribution < -0.4 is 10.7 Å². The van der Waals surface area contributed by atoms with Gasteiger partial charge in [-0.1, -0.05) is 35.5 Å². The molecule has 0 aliphatic carbocycles. The minimum Gasteiger partial charge on any atom is -0.333 e. The molecule has 36 heavy (non-hydrogen) atoms. The number of hydrogen-bond donors (Lipinski definition) is 1.